The Balaban J connectivity index is 2.80. The van der Waals surface area contributed by atoms with Crippen LogP contribution in [0, 0.1) is 5.41 Å². The average molecular weight is 262 g/mol. The van der Waals surface area contributed by atoms with Crippen molar-refractivity contribution in [3.63, 3.8) is 0 Å². The number of halogens is 2. The predicted octanol–water partition coefficient (Wildman–Crippen LogP) is 2.42. The molecule has 0 saturated heterocycles. The van der Waals surface area contributed by atoms with E-state index < -0.39 is 6.61 Å². The van der Waals surface area contributed by atoms with Crippen LogP contribution in [0.15, 0.2) is 18.2 Å². The molecule has 0 unspecified atom stereocenters. The zero-order chi connectivity index (χ0) is 12.8. The van der Waals surface area contributed by atoms with Crippen LogP contribution in [0.2, 0.25) is 0 Å². The smallest absolute Gasteiger partial charge is 0.387 e. The summed E-state index contributed by atoms with van der Waals surface area (Å²) >= 11 is 1.14. The lowest BCUT2D eigenvalue weighted by Gasteiger charge is -2.11. The van der Waals surface area contributed by atoms with Gasteiger partial charge in [0.25, 0.3) is 0 Å². The second-order valence-corrected chi connectivity index (χ2v) is 4.03. The van der Waals surface area contributed by atoms with Gasteiger partial charge >= 0.3 is 6.61 Å². The SMILES string of the molecule is COc1cc(CSC(=N)N)ccc1OC(F)F. The maximum absolute atomic E-state index is 12.1. The van der Waals surface area contributed by atoms with Gasteiger partial charge in [0, 0.05) is 5.75 Å². The van der Waals surface area contributed by atoms with E-state index in [0.29, 0.717) is 5.75 Å². The molecule has 0 atom stereocenters. The van der Waals surface area contributed by atoms with Crippen molar-refractivity contribution in [2.45, 2.75) is 12.4 Å². The largest absolute Gasteiger partial charge is 0.493 e. The summed E-state index contributed by atoms with van der Waals surface area (Å²) in [5.41, 5.74) is 6.01. The van der Waals surface area contributed by atoms with E-state index in [1.165, 1.54) is 13.2 Å². The van der Waals surface area contributed by atoms with Crippen molar-refractivity contribution < 1.29 is 18.3 Å². The molecule has 3 N–H and O–H groups in total. The minimum atomic E-state index is -2.89. The molecule has 0 heterocycles. The fourth-order valence-electron chi connectivity index (χ4n) is 1.16. The molecule has 0 amide bonds. The number of thioether (sulfide) groups is 1. The third-order valence-electron chi connectivity index (χ3n) is 1.84. The summed E-state index contributed by atoms with van der Waals surface area (Å²) in [5.74, 6) is 0.687. The van der Waals surface area contributed by atoms with Crippen molar-refractivity contribution in [2.24, 2.45) is 5.73 Å². The van der Waals surface area contributed by atoms with Crippen LogP contribution in [-0.4, -0.2) is 18.9 Å². The van der Waals surface area contributed by atoms with Gasteiger partial charge in [0.1, 0.15) is 0 Å². The van der Waals surface area contributed by atoms with Crippen molar-refractivity contribution in [1.82, 2.24) is 0 Å². The third-order valence-corrected chi connectivity index (χ3v) is 2.63. The number of rotatable bonds is 5. The summed E-state index contributed by atoms with van der Waals surface area (Å²) < 4.78 is 33.4. The normalized spacial score (nSPS) is 10.4. The second kappa shape index (κ2) is 6.29. The Hall–Kier alpha value is -1.50. The molecular formula is C10H12F2N2O2S. The van der Waals surface area contributed by atoms with Crippen molar-refractivity contribution in [3.8, 4) is 11.5 Å². The molecule has 1 rings (SSSR count). The highest BCUT2D eigenvalue weighted by molar-refractivity contribution is 8.13. The summed E-state index contributed by atoms with van der Waals surface area (Å²) in [6.07, 6.45) is 0. The molecule has 0 aliphatic carbocycles. The lowest BCUT2D eigenvalue weighted by Crippen LogP contribution is -2.05. The molecule has 1 aromatic carbocycles. The summed E-state index contributed by atoms with van der Waals surface area (Å²) in [5, 5.41) is 7.06. The van der Waals surface area contributed by atoms with E-state index in [2.05, 4.69) is 4.74 Å². The van der Waals surface area contributed by atoms with E-state index in [-0.39, 0.29) is 16.7 Å². The van der Waals surface area contributed by atoms with E-state index in [0.717, 1.165) is 17.3 Å². The standard InChI is InChI=1S/C10H12F2N2O2S/c1-15-8-4-6(5-17-10(13)14)2-3-7(8)16-9(11)12/h2-4,9H,5H2,1H3,(H3,13,14). The Morgan fingerprint density at radius 2 is 2.18 bits per heavy atom. The number of methoxy groups -OCH3 is 1. The van der Waals surface area contributed by atoms with E-state index in [9.17, 15) is 8.78 Å². The number of amidine groups is 1. The van der Waals surface area contributed by atoms with Crippen molar-refractivity contribution in [3.05, 3.63) is 23.8 Å². The molecule has 7 heteroatoms. The minimum Gasteiger partial charge on any atom is -0.493 e. The summed E-state index contributed by atoms with van der Waals surface area (Å²) in [7, 11) is 1.37. The Kier molecular flexibility index (Phi) is 5.02. The lowest BCUT2D eigenvalue weighted by atomic mass is 10.2. The van der Waals surface area contributed by atoms with Crippen LogP contribution in [0.4, 0.5) is 8.78 Å². The van der Waals surface area contributed by atoms with Crippen molar-refractivity contribution >= 4 is 16.9 Å². The Labute approximate surface area is 102 Å². The Morgan fingerprint density at radius 1 is 1.47 bits per heavy atom. The Morgan fingerprint density at radius 3 is 2.71 bits per heavy atom. The van der Waals surface area contributed by atoms with Crippen LogP contribution >= 0.6 is 11.8 Å². The van der Waals surface area contributed by atoms with Crippen molar-refractivity contribution in [1.29, 1.82) is 5.41 Å². The van der Waals surface area contributed by atoms with Gasteiger partial charge in [0.2, 0.25) is 0 Å². The second-order valence-electron chi connectivity index (χ2n) is 3.02. The minimum absolute atomic E-state index is 0.00289. The molecular weight excluding hydrogens is 250 g/mol. The summed E-state index contributed by atoms with van der Waals surface area (Å²) in [6, 6.07) is 4.60. The quantitative estimate of drug-likeness (QED) is 0.631. The van der Waals surface area contributed by atoms with Gasteiger partial charge in [-0.3, -0.25) is 5.41 Å². The van der Waals surface area contributed by atoms with Gasteiger partial charge in [-0.15, -0.1) is 0 Å². The fraction of sp³-hybridized carbons (Fsp3) is 0.300. The van der Waals surface area contributed by atoms with E-state index in [1.54, 1.807) is 12.1 Å². The summed E-state index contributed by atoms with van der Waals surface area (Å²) in [6.45, 7) is -2.89. The highest BCUT2D eigenvalue weighted by Gasteiger charge is 2.11. The van der Waals surface area contributed by atoms with Crippen molar-refractivity contribution in [2.75, 3.05) is 7.11 Å². The van der Waals surface area contributed by atoms with E-state index in [1.807, 2.05) is 0 Å². The molecule has 0 radical (unpaired) electrons. The number of hydrogen-bond acceptors (Lipinski definition) is 4. The topological polar surface area (TPSA) is 68.3 Å². The highest BCUT2D eigenvalue weighted by Crippen LogP contribution is 2.30. The van der Waals surface area contributed by atoms with Gasteiger partial charge in [-0.05, 0) is 17.7 Å². The van der Waals surface area contributed by atoms with Gasteiger partial charge in [-0.25, -0.2) is 0 Å². The van der Waals surface area contributed by atoms with Gasteiger partial charge in [0.05, 0.1) is 7.11 Å². The van der Waals surface area contributed by atoms with E-state index in [4.69, 9.17) is 15.9 Å². The lowest BCUT2D eigenvalue weighted by molar-refractivity contribution is -0.0512. The van der Waals surface area contributed by atoms with Crippen LogP contribution in [0.25, 0.3) is 0 Å². The van der Waals surface area contributed by atoms with Gasteiger partial charge in [-0.1, -0.05) is 17.8 Å². The number of nitrogens with two attached hydrogens (primary N) is 1. The molecule has 0 fully saturated rings. The number of benzene rings is 1. The number of ether oxygens (including phenoxy) is 2. The monoisotopic (exact) mass is 262 g/mol. The fourth-order valence-corrected chi connectivity index (χ4v) is 1.66. The first-order valence-corrected chi connectivity index (χ1v) is 5.60. The third kappa shape index (κ3) is 4.48. The molecule has 94 valence electrons. The number of hydrogen-bond donors (Lipinski definition) is 2. The van der Waals surface area contributed by atoms with Gasteiger partial charge < -0.3 is 15.2 Å². The first kappa shape index (κ1) is 13.6. The Bertz CT molecular complexity index is 402. The van der Waals surface area contributed by atoms with E-state index >= 15 is 0 Å². The zero-order valence-electron chi connectivity index (χ0n) is 9.07. The van der Waals surface area contributed by atoms with Gasteiger partial charge in [-0.2, -0.15) is 8.78 Å². The molecule has 0 spiro atoms. The molecule has 0 aromatic heterocycles. The molecule has 0 saturated carbocycles. The number of nitrogens with one attached hydrogen (secondary N) is 1. The predicted molar refractivity (Wildman–Crippen MR) is 62.8 cm³/mol. The molecule has 17 heavy (non-hydrogen) atoms. The zero-order valence-corrected chi connectivity index (χ0v) is 9.89. The van der Waals surface area contributed by atoms with Crippen LogP contribution in [0.3, 0.4) is 0 Å². The maximum atomic E-state index is 12.1. The van der Waals surface area contributed by atoms with Crippen LogP contribution < -0.4 is 15.2 Å². The molecule has 1 aromatic rings. The summed E-state index contributed by atoms with van der Waals surface area (Å²) in [4.78, 5) is 0. The number of alkyl halides is 2. The van der Waals surface area contributed by atoms with Crippen LogP contribution in [-0.2, 0) is 5.75 Å². The molecule has 0 bridgehead atoms. The highest BCUT2D eigenvalue weighted by atomic mass is 32.2. The molecule has 0 aliphatic rings. The first-order valence-electron chi connectivity index (χ1n) is 4.61. The van der Waals surface area contributed by atoms with Gasteiger partial charge in [0.15, 0.2) is 16.7 Å². The average Bonchev–Trinajstić information content (AvgIpc) is 2.26. The van der Waals surface area contributed by atoms with Crippen LogP contribution in [0.1, 0.15) is 5.56 Å². The maximum Gasteiger partial charge on any atom is 0.387 e. The van der Waals surface area contributed by atoms with Crippen LogP contribution in [0.5, 0.6) is 11.5 Å². The molecule has 4 nitrogen and oxygen atoms in total. The first-order chi connectivity index (χ1) is 8.02. The molecule has 0 aliphatic heterocycles.